The normalized spacial score (nSPS) is 11.1. The molecule has 4 nitrogen and oxygen atoms in total. The highest BCUT2D eigenvalue weighted by Gasteiger charge is 2.24. The Morgan fingerprint density at radius 1 is 0.789 bits per heavy atom. The van der Waals surface area contributed by atoms with E-state index in [9.17, 15) is 9.46 Å². The van der Waals surface area contributed by atoms with Gasteiger partial charge in [0.1, 0.15) is 11.5 Å². The maximum absolute atomic E-state index is 11.8. The topological polar surface area (TPSA) is 55.8 Å². The van der Waals surface area contributed by atoms with Crippen LogP contribution in [-0.2, 0) is 4.57 Å². The minimum absolute atomic E-state index is 0.256. The van der Waals surface area contributed by atoms with Crippen LogP contribution in [0.15, 0.2) is 57.5 Å². The molecule has 0 unspecified atom stereocenters. The molecular formula is C12H9Br2O4P. The third-order valence-electron chi connectivity index (χ3n) is 2.07. The van der Waals surface area contributed by atoms with Crippen molar-refractivity contribution in [1.29, 1.82) is 0 Å². The van der Waals surface area contributed by atoms with E-state index in [2.05, 4.69) is 31.9 Å². The Morgan fingerprint density at radius 2 is 1.11 bits per heavy atom. The minimum Gasteiger partial charge on any atom is -0.395 e. The van der Waals surface area contributed by atoms with Gasteiger partial charge >= 0.3 is 7.82 Å². The molecule has 0 heterocycles. The predicted molar refractivity (Wildman–Crippen MR) is 79.4 cm³/mol. The maximum atomic E-state index is 11.8. The summed E-state index contributed by atoms with van der Waals surface area (Å²) in [5.41, 5.74) is 0. The largest absolute Gasteiger partial charge is 0.584 e. The van der Waals surface area contributed by atoms with E-state index in [-0.39, 0.29) is 11.5 Å². The molecule has 0 aliphatic heterocycles. The summed E-state index contributed by atoms with van der Waals surface area (Å²) in [7, 11) is -4.20. The molecule has 0 spiro atoms. The van der Waals surface area contributed by atoms with Gasteiger partial charge in [0.2, 0.25) is 0 Å². The van der Waals surface area contributed by atoms with Gasteiger partial charge in [-0.2, -0.15) is 0 Å². The first-order valence-electron chi connectivity index (χ1n) is 5.18. The number of benzene rings is 2. The predicted octanol–water partition coefficient (Wildman–Crippen LogP) is 4.77. The molecule has 0 atom stereocenters. The lowest BCUT2D eigenvalue weighted by atomic mass is 10.3. The number of rotatable bonds is 4. The van der Waals surface area contributed by atoms with Crippen molar-refractivity contribution in [3.63, 3.8) is 0 Å². The first kappa shape index (κ1) is 14.6. The first-order chi connectivity index (χ1) is 8.94. The van der Waals surface area contributed by atoms with Gasteiger partial charge in [0, 0.05) is 8.95 Å². The molecule has 7 heteroatoms. The molecule has 0 aliphatic carbocycles. The highest BCUT2D eigenvalue weighted by atomic mass is 79.9. The second kappa shape index (κ2) is 6.09. The van der Waals surface area contributed by atoms with Crippen molar-refractivity contribution < 1.29 is 18.5 Å². The van der Waals surface area contributed by atoms with Crippen LogP contribution >= 0.6 is 39.7 Å². The van der Waals surface area contributed by atoms with Crippen LogP contribution < -0.4 is 9.05 Å². The summed E-state index contributed by atoms with van der Waals surface area (Å²) < 4.78 is 23.4. The number of halogens is 2. The third-order valence-corrected chi connectivity index (χ3v) is 4.01. The zero-order valence-corrected chi connectivity index (χ0v) is 13.6. The molecule has 0 radical (unpaired) electrons. The van der Waals surface area contributed by atoms with E-state index in [0.29, 0.717) is 0 Å². The zero-order chi connectivity index (χ0) is 13.9. The van der Waals surface area contributed by atoms with Gasteiger partial charge in [-0.3, -0.25) is 4.89 Å². The average molecular weight is 408 g/mol. The van der Waals surface area contributed by atoms with Gasteiger partial charge in [-0.25, -0.2) is 4.57 Å². The maximum Gasteiger partial charge on any atom is 0.584 e. The molecule has 0 saturated carbocycles. The Balaban J connectivity index is 2.08. The van der Waals surface area contributed by atoms with E-state index < -0.39 is 7.82 Å². The molecule has 0 amide bonds. The Hall–Kier alpha value is -0.810. The first-order valence-corrected chi connectivity index (χ1v) is 8.26. The lowest BCUT2D eigenvalue weighted by Crippen LogP contribution is -1.99. The Kier molecular flexibility index (Phi) is 4.68. The van der Waals surface area contributed by atoms with Crippen molar-refractivity contribution in [2.45, 2.75) is 0 Å². The molecule has 1 N–H and O–H groups in total. The van der Waals surface area contributed by atoms with Gasteiger partial charge in [0.15, 0.2) is 0 Å². The molecular weight excluding hydrogens is 399 g/mol. The SMILES string of the molecule is O=P(O)(Oc1ccc(Br)cc1)Oc1ccc(Br)cc1. The van der Waals surface area contributed by atoms with Crippen molar-refractivity contribution in [3.05, 3.63) is 57.5 Å². The number of hydrogen-bond acceptors (Lipinski definition) is 3. The van der Waals surface area contributed by atoms with Gasteiger partial charge in [0.05, 0.1) is 0 Å². The second-order valence-corrected chi connectivity index (χ2v) is 6.69. The van der Waals surface area contributed by atoms with Crippen molar-refractivity contribution in [3.8, 4) is 11.5 Å². The van der Waals surface area contributed by atoms with Crippen molar-refractivity contribution in [1.82, 2.24) is 0 Å². The molecule has 2 rings (SSSR count). The van der Waals surface area contributed by atoms with E-state index in [1.807, 2.05) is 0 Å². The molecule has 2 aromatic rings. The van der Waals surface area contributed by atoms with Crippen LogP contribution in [0.25, 0.3) is 0 Å². The smallest absolute Gasteiger partial charge is 0.395 e. The zero-order valence-electron chi connectivity index (χ0n) is 9.49. The van der Waals surface area contributed by atoms with Crippen molar-refractivity contribution in [2.75, 3.05) is 0 Å². The molecule has 0 bridgehead atoms. The summed E-state index contributed by atoms with van der Waals surface area (Å²) in [6, 6.07) is 13.1. The van der Waals surface area contributed by atoms with E-state index in [1.165, 1.54) is 0 Å². The minimum atomic E-state index is -4.20. The van der Waals surface area contributed by atoms with E-state index >= 15 is 0 Å². The molecule has 2 aromatic carbocycles. The van der Waals surface area contributed by atoms with Crippen LogP contribution in [0, 0.1) is 0 Å². The lowest BCUT2D eigenvalue weighted by molar-refractivity contribution is 0.291. The van der Waals surface area contributed by atoms with Gasteiger partial charge in [-0.1, -0.05) is 31.9 Å². The van der Waals surface area contributed by atoms with Crippen LogP contribution in [0.5, 0.6) is 11.5 Å². The summed E-state index contributed by atoms with van der Waals surface area (Å²) >= 11 is 6.53. The van der Waals surface area contributed by atoms with Crippen molar-refractivity contribution >= 4 is 39.7 Å². The highest BCUT2D eigenvalue weighted by Crippen LogP contribution is 2.44. The fraction of sp³-hybridized carbons (Fsp3) is 0. The molecule has 0 aromatic heterocycles. The van der Waals surface area contributed by atoms with Crippen LogP contribution in [0.3, 0.4) is 0 Å². The molecule has 0 fully saturated rings. The van der Waals surface area contributed by atoms with E-state index in [0.717, 1.165) is 8.95 Å². The fourth-order valence-corrected chi connectivity index (χ4v) is 2.62. The summed E-state index contributed by atoms with van der Waals surface area (Å²) in [6.45, 7) is 0. The van der Waals surface area contributed by atoms with Crippen molar-refractivity contribution in [2.24, 2.45) is 0 Å². The van der Waals surface area contributed by atoms with Crippen LogP contribution in [0.1, 0.15) is 0 Å². The van der Waals surface area contributed by atoms with Gasteiger partial charge in [-0.05, 0) is 48.5 Å². The van der Waals surface area contributed by atoms with E-state index in [1.54, 1.807) is 48.5 Å². The molecule has 100 valence electrons. The van der Waals surface area contributed by atoms with Crippen LogP contribution in [-0.4, -0.2) is 4.89 Å². The number of phosphoric ester groups is 1. The summed E-state index contributed by atoms with van der Waals surface area (Å²) in [5.74, 6) is 0.511. The Bertz CT molecular complexity index is 547. The van der Waals surface area contributed by atoms with E-state index in [4.69, 9.17) is 9.05 Å². The number of phosphoric acid groups is 1. The monoisotopic (exact) mass is 406 g/mol. The highest BCUT2D eigenvalue weighted by molar-refractivity contribution is 9.10. The van der Waals surface area contributed by atoms with Gasteiger partial charge in [0.25, 0.3) is 0 Å². The summed E-state index contributed by atoms with van der Waals surface area (Å²) in [6.07, 6.45) is 0. The van der Waals surface area contributed by atoms with Crippen LogP contribution in [0.2, 0.25) is 0 Å². The quantitative estimate of drug-likeness (QED) is 0.741. The Labute approximate surface area is 127 Å². The van der Waals surface area contributed by atoms with Gasteiger partial charge in [-0.15, -0.1) is 0 Å². The summed E-state index contributed by atoms with van der Waals surface area (Å²) in [5, 5.41) is 0. The molecule has 19 heavy (non-hydrogen) atoms. The standard InChI is InChI=1S/C12H9Br2O4P/c13-9-1-5-11(6-2-9)17-19(15,16)18-12-7-3-10(14)4-8-12/h1-8H,(H,15,16). The van der Waals surface area contributed by atoms with Crippen LogP contribution in [0.4, 0.5) is 0 Å². The second-order valence-electron chi connectivity index (χ2n) is 3.56. The average Bonchev–Trinajstić information content (AvgIpc) is 2.34. The Morgan fingerprint density at radius 3 is 1.42 bits per heavy atom. The third kappa shape index (κ3) is 4.66. The molecule has 0 aliphatic rings. The lowest BCUT2D eigenvalue weighted by Gasteiger charge is -2.13. The van der Waals surface area contributed by atoms with Gasteiger partial charge < -0.3 is 9.05 Å². The molecule has 0 saturated heterocycles. The number of hydrogen-bond donors (Lipinski definition) is 1. The fourth-order valence-electron chi connectivity index (χ4n) is 1.28. The summed E-state index contributed by atoms with van der Waals surface area (Å²) in [4.78, 5) is 9.65.